The van der Waals surface area contributed by atoms with Crippen molar-refractivity contribution in [1.82, 2.24) is 0 Å². The molecule has 22 heavy (non-hydrogen) atoms. The van der Waals surface area contributed by atoms with Crippen molar-refractivity contribution < 1.29 is 9.53 Å². The average Bonchev–Trinajstić information content (AvgIpc) is 2.55. The van der Waals surface area contributed by atoms with Gasteiger partial charge in [0.2, 0.25) is 0 Å². The van der Waals surface area contributed by atoms with E-state index in [2.05, 4.69) is 15.9 Å². The van der Waals surface area contributed by atoms with Gasteiger partial charge in [-0.05, 0) is 46.8 Å². The molecule has 0 N–H and O–H groups in total. The highest BCUT2D eigenvalue weighted by atomic mass is 79.9. The van der Waals surface area contributed by atoms with E-state index in [1.54, 1.807) is 25.3 Å². The Kier molecular flexibility index (Phi) is 5.73. The van der Waals surface area contributed by atoms with Crippen LogP contribution in [0.2, 0.25) is 0 Å². The third-order valence-electron chi connectivity index (χ3n) is 3.21. The van der Waals surface area contributed by atoms with Crippen LogP contribution in [-0.4, -0.2) is 12.9 Å². The largest absolute Gasteiger partial charge is 0.497 e. The molecule has 0 unspecified atom stereocenters. The molecule has 0 saturated heterocycles. The summed E-state index contributed by atoms with van der Waals surface area (Å²) in [6.07, 6.45) is 3.42. The summed E-state index contributed by atoms with van der Waals surface area (Å²) < 4.78 is 6.13. The molecule has 0 aliphatic rings. The first-order valence-electron chi connectivity index (χ1n) is 6.90. The molecule has 0 radical (unpaired) electrons. The molecule has 2 aromatic carbocycles. The Morgan fingerprint density at radius 3 is 2.32 bits per heavy atom. The van der Waals surface area contributed by atoms with Crippen molar-refractivity contribution in [3.8, 4) is 5.75 Å². The number of hydrogen-bond donors (Lipinski definition) is 0. The molecule has 2 rings (SSSR count). The fourth-order valence-corrected chi connectivity index (χ4v) is 2.42. The topological polar surface area (TPSA) is 26.3 Å². The Morgan fingerprint density at radius 2 is 1.68 bits per heavy atom. The van der Waals surface area contributed by atoms with Crippen molar-refractivity contribution in [2.24, 2.45) is 0 Å². The number of carbonyl (C=O) groups is 1. The van der Waals surface area contributed by atoms with E-state index in [0.717, 1.165) is 15.6 Å². The molecular weight excluding hydrogens is 340 g/mol. The van der Waals surface area contributed by atoms with Crippen LogP contribution in [0.25, 0.3) is 5.57 Å². The first-order chi connectivity index (χ1) is 10.6. The van der Waals surface area contributed by atoms with E-state index in [-0.39, 0.29) is 5.78 Å². The lowest BCUT2D eigenvalue weighted by Gasteiger charge is -2.05. The zero-order valence-electron chi connectivity index (χ0n) is 12.5. The molecule has 0 bridgehead atoms. The quantitative estimate of drug-likeness (QED) is 0.415. The van der Waals surface area contributed by atoms with E-state index in [0.29, 0.717) is 11.3 Å². The Balaban J connectivity index is 2.25. The number of benzene rings is 2. The van der Waals surface area contributed by atoms with Crippen LogP contribution >= 0.6 is 15.9 Å². The molecule has 0 aromatic heterocycles. The summed E-state index contributed by atoms with van der Waals surface area (Å²) >= 11 is 3.50. The fraction of sp³-hybridized carbons (Fsp3) is 0.105. The lowest BCUT2D eigenvalue weighted by Crippen LogP contribution is -1.95. The monoisotopic (exact) mass is 356 g/mol. The van der Waals surface area contributed by atoms with Crippen LogP contribution in [-0.2, 0) is 0 Å². The van der Waals surface area contributed by atoms with Crippen LogP contribution < -0.4 is 4.74 Å². The van der Waals surface area contributed by atoms with E-state index in [4.69, 9.17) is 4.74 Å². The first kappa shape index (κ1) is 16.2. The summed E-state index contributed by atoms with van der Waals surface area (Å²) in [6.45, 7) is 1.96. The molecule has 3 heteroatoms. The van der Waals surface area contributed by atoms with E-state index in [1.807, 2.05) is 55.5 Å². The van der Waals surface area contributed by atoms with Gasteiger partial charge in [0.15, 0.2) is 5.78 Å². The predicted octanol–water partition coefficient (Wildman–Crippen LogP) is 5.26. The molecule has 0 aliphatic carbocycles. The number of allylic oxidation sites excluding steroid dienone is 4. The molecule has 0 amide bonds. The maximum atomic E-state index is 12.3. The van der Waals surface area contributed by atoms with Gasteiger partial charge in [-0.25, -0.2) is 0 Å². The summed E-state index contributed by atoms with van der Waals surface area (Å²) in [5.41, 5.74) is 2.65. The maximum Gasteiger partial charge on any atom is 0.185 e. The summed E-state index contributed by atoms with van der Waals surface area (Å²) in [5, 5.41) is 0. The highest BCUT2D eigenvalue weighted by Gasteiger charge is 2.05. The van der Waals surface area contributed by atoms with E-state index in [1.165, 1.54) is 0 Å². The normalized spacial score (nSPS) is 12.1. The number of methoxy groups -OCH3 is 1. The lowest BCUT2D eigenvalue weighted by molar-refractivity contribution is 0.104. The van der Waals surface area contributed by atoms with Gasteiger partial charge in [0.25, 0.3) is 0 Å². The van der Waals surface area contributed by atoms with Crippen molar-refractivity contribution in [3.05, 3.63) is 82.4 Å². The minimum absolute atomic E-state index is 0.0546. The molecule has 0 heterocycles. The molecule has 0 saturated carbocycles. The van der Waals surface area contributed by atoms with Crippen molar-refractivity contribution >= 4 is 27.3 Å². The van der Waals surface area contributed by atoms with E-state index in [9.17, 15) is 4.79 Å². The van der Waals surface area contributed by atoms with Gasteiger partial charge in [-0.2, -0.15) is 0 Å². The average molecular weight is 357 g/mol. The number of ketones is 1. The van der Waals surface area contributed by atoms with Crippen LogP contribution in [0.5, 0.6) is 5.75 Å². The van der Waals surface area contributed by atoms with Crippen molar-refractivity contribution in [2.75, 3.05) is 7.11 Å². The third-order valence-corrected chi connectivity index (χ3v) is 3.64. The van der Waals surface area contributed by atoms with Gasteiger partial charge in [0.1, 0.15) is 5.75 Å². The first-order valence-corrected chi connectivity index (χ1v) is 7.69. The highest BCUT2D eigenvalue weighted by molar-refractivity contribution is 9.11. The van der Waals surface area contributed by atoms with Crippen LogP contribution in [0.1, 0.15) is 22.8 Å². The molecule has 0 aliphatic heterocycles. The van der Waals surface area contributed by atoms with Crippen molar-refractivity contribution in [1.29, 1.82) is 0 Å². The minimum atomic E-state index is -0.0546. The molecule has 0 fully saturated rings. The van der Waals surface area contributed by atoms with Crippen LogP contribution in [0.3, 0.4) is 0 Å². The zero-order valence-corrected chi connectivity index (χ0v) is 14.1. The van der Waals surface area contributed by atoms with Gasteiger partial charge < -0.3 is 4.74 Å². The summed E-state index contributed by atoms with van der Waals surface area (Å²) in [7, 11) is 1.59. The van der Waals surface area contributed by atoms with E-state index < -0.39 is 0 Å². The number of hydrogen-bond acceptors (Lipinski definition) is 2. The Morgan fingerprint density at radius 1 is 1.00 bits per heavy atom. The molecule has 112 valence electrons. The van der Waals surface area contributed by atoms with Crippen LogP contribution in [0, 0.1) is 0 Å². The second kappa shape index (κ2) is 7.76. The fourth-order valence-electron chi connectivity index (χ4n) is 2.06. The zero-order chi connectivity index (χ0) is 15.9. The van der Waals surface area contributed by atoms with Gasteiger partial charge in [0.05, 0.1) is 7.11 Å². The standard InChI is InChI=1S/C19H17BrO2/c1-14(20)18(15-7-4-3-5-8-15)11-12-19(21)16-9-6-10-17(13-16)22-2/h3-13H,1-2H3/b12-11+,18-14+. The molecule has 2 aromatic rings. The van der Waals surface area contributed by atoms with Gasteiger partial charge in [0, 0.05) is 5.56 Å². The Hall–Kier alpha value is -2.13. The second-order valence-corrected chi connectivity index (χ2v) is 5.93. The van der Waals surface area contributed by atoms with Gasteiger partial charge >= 0.3 is 0 Å². The van der Waals surface area contributed by atoms with Crippen molar-refractivity contribution in [3.63, 3.8) is 0 Å². The van der Waals surface area contributed by atoms with E-state index >= 15 is 0 Å². The Bertz CT molecular complexity index is 711. The molecule has 0 atom stereocenters. The van der Waals surface area contributed by atoms with Gasteiger partial charge in [-0.15, -0.1) is 0 Å². The number of rotatable bonds is 5. The minimum Gasteiger partial charge on any atom is -0.497 e. The Labute approximate surface area is 139 Å². The van der Waals surface area contributed by atoms with Gasteiger partial charge in [-0.3, -0.25) is 4.79 Å². The highest BCUT2D eigenvalue weighted by Crippen LogP contribution is 2.24. The maximum absolute atomic E-state index is 12.3. The summed E-state index contributed by atoms with van der Waals surface area (Å²) in [4.78, 5) is 12.3. The molecule has 2 nitrogen and oxygen atoms in total. The van der Waals surface area contributed by atoms with Crippen molar-refractivity contribution in [2.45, 2.75) is 6.92 Å². The molecule has 0 spiro atoms. The van der Waals surface area contributed by atoms with Crippen LogP contribution in [0.15, 0.2) is 71.2 Å². The molecular formula is C19H17BrO2. The number of halogens is 1. The summed E-state index contributed by atoms with van der Waals surface area (Å²) in [6, 6.07) is 17.1. The smallest absolute Gasteiger partial charge is 0.185 e. The SMILES string of the molecule is COc1cccc(C(=O)/C=C/C(=C(/C)Br)c2ccccc2)c1. The predicted molar refractivity (Wildman–Crippen MR) is 94.4 cm³/mol. The number of ether oxygens (including phenoxy) is 1. The lowest BCUT2D eigenvalue weighted by atomic mass is 10.0. The van der Waals surface area contributed by atoms with Crippen LogP contribution in [0.4, 0.5) is 0 Å². The summed E-state index contributed by atoms with van der Waals surface area (Å²) in [5.74, 6) is 0.621. The third kappa shape index (κ3) is 4.18. The second-order valence-electron chi connectivity index (χ2n) is 4.74. The van der Waals surface area contributed by atoms with Gasteiger partial charge in [-0.1, -0.05) is 58.4 Å². The number of carbonyl (C=O) groups excluding carboxylic acids is 1.